The molecular weight excluding hydrogens is 110 g/mol. The van der Waals surface area contributed by atoms with Crippen molar-refractivity contribution in [2.45, 2.75) is 0 Å². The Kier molecular flexibility index (Phi) is 2420. The summed E-state index contributed by atoms with van der Waals surface area (Å²) >= 11 is 0. The van der Waals surface area contributed by atoms with Gasteiger partial charge in [-0.05, 0) is 0 Å². The van der Waals surface area contributed by atoms with Crippen molar-refractivity contribution in [2.24, 2.45) is 0 Å². The van der Waals surface area contributed by atoms with Crippen LogP contribution in [0.1, 0.15) is 0 Å². The van der Waals surface area contributed by atoms with Gasteiger partial charge in [0, 0.05) is 0 Å². The summed E-state index contributed by atoms with van der Waals surface area (Å²) < 4.78 is 0. The van der Waals surface area contributed by atoms with Gasteiger partial charge >= 0.3 is 35.9 Å². The van der Waals surface area contributed by atoms with E-state index in [9.17, 15) is 0 Å². The summed E-state index contributed by atoms with van der Waals surface area (Å²) in [5.74, 6) is 0. The van der Waals surface area contributed by atoms with Gasteiger partial charge in [-0.1, -0.05) is 0 Å². The first kappa shape index (κ1) is 151. The van der Waals surface area contributed by atoms with Crippen LogP contribution >= 0.6 is 0 Å². The van der Waals surface area contributed by atoms with Crippen LogP contribution in [0.15, 0.2) is 0 Å². The zero-order valence-electron chi connectivity index (χ0n) is 2.73. The molecule has 3 N–H and O–H groups in total. The Hall–Kier alpha value is 0.997. The van der Waals surface area contributed by atoms with Crippen molar-refractivity contribution in [2.75, 3.05) is 0 Å². The molecule has 0 spiro atoms. The van der Waals surface area contributed by atoms with Gasteiger partial charge in [0.2, 0.25) is 0 Å². The van der Waals surface area contributed by atoms with E-state index in [2.05, 4.69) is 0 Å². The fourth-order valence-corrected chi connectivity index (χ4v) is 0. The van der Waals surface area contributed by atoms with Crippen LogP contribution in [-0.2, 0) is 22.5 Å². The van der Waals surface area contributed by atoms with Gasteiger partial charge in [-0.15, -0.1) is 0 Å². The molecule has 5 heteroatoms. The molecule has 0 saturated carbocycles. The van der Waals surface area contributed by atoms with Gasteiger partial charge < -0.3 is 16.4 Å². The zero-order chi connectivity index (χ0) is 0. The minimum absolute atomic E-state index is 0. The first-order chi connectivity index (χ1) is 0. The van der Waals surface area contributed by atoms with E-state index in [1.807, 2.05) is 0 Å². The van der Waals surface area contributed by atoms with Crippen molar-refractivity contribution in [3.63, 3.8) is 0 Å². The number of hydrogen-bond donors (Lipinski definition) is 0. The Bertz CT molecular complexity index is 6.85. The van der Waals surface area contributed by atoms with Crippen molar-refractivity contribution in [3.8, 4) is 0 Å². The molecule has 0 amide bonds. The molecule has 29 valence electrons. The van der Waals surface area contributed by atoms with E-state index in [1.54, 1.807) is 0 Å². The Morgan fingerprint density at radius 2 is 1.00 bits per heavy atom. The van der Waals surface area contributed by atoms with Crippen LogP contribution in [0.2, 0.25) is 0 Å². The van der Waals surface area contributed by atoms with Gasteiger partial charge in [-0.25, -0.2) is 0 Å². The van der Waals surface area contributed by atoms with E-state index in [0.717, 1.165) is 0 Å². The summed E-state index contributed by atoms with van der Waals surface area (Å²) in [6.45, 7) is 0. The molecule has 0 aromatic rings. The standard InChI is InChI=1S/Li.Mn.2H2O.O/h;;2*1H2;/q+1;+2;;;-2/p-1. The summed E-state index contributed by atoms with van der Waals surface area (Å²) in [4.78, 5) is 0. The van der Waals surface area contributed by atoms with Gasteiger partial charge in [-0.2, -0.15) is 0 Å². The van der Waals surface area contributed by atoms with Gasteiger partial charge in [0.1, 0.15) is 0 Å². The normalized spacial score (nSPS) is 0. The Labute approximate surface area is 52.7 Å². The maximum Gasteiger partial charge on any atom is 2.00 e. The second-order valence-electron chi connectivity index (χ2n) is 0. The maximum absolute atomic E-state index is 0. The third kappa shape index (κ3) is 45.2. The third-order valence-electron chi connectivity index (χ3n) is 0. The molecule has 0 bridgehead atoms. The van der Waals surface area contributed by atoms with Crippen LogP contribution in [0.4, 0.5) is 0 Å². The molecule has 0 heterocycles. The van der Waals surface area contributed by atoms with Crippen molar-refractivity contribution >= 4 is 0 Å². The molecule has 0 aromatic heterocycles. The molecule has 0 atom stereocenters. The van der Waals surface area contributed by atoms with Crippen LogP contribution in [0.25, 0.3) is 0 Å². The minimum atomic E-state index is 0. The van der Waals surface area contributed by atoms with Crippen LogP contribution < -0.4 is 18.9 Å². The Morgan fingerprint density at radius 3 is 1.00 bits per heavy atom. The Balaban J connectivity index is 0. The van der Waals surface area contributed by atoms with E-state index in [0.29, 0.717) is 0 Å². The third-order valence-corrected chi connectivity index (χ3v) is 0. The first-order valence-electron chi connectivity index (χ1n) is 0. The summed E-state index contributed by atoms with van der Waals surface area (Å²) in [7, 11) is 0. The molecule has 0 unspecified atom stereocenters. The molecule has 3 nitrogen and oxygen atoms in total. The van der Waals surface area contributed by atoms with Gasteiger partial charge in [0.15, 0.2) is 0 Å². The van der Waals surface area contributed by atoms with Crippen LogP contribution in [0.5, 0.6) is 0 Å². The molecule has 0 aliphatic rings. The fraction of sp³-hybridized carbons (Fsp3) is 0. The molecule has 0 fully saturated rings. The van der Waals surface area contributed by atoms with Crippen molar-refractivity contribution in [1.29, 1.82) is 0 Å². The van der Waals surface area contributed by atoms with Crippen LogP contribution in [0, 0.1) is 0 Å². The van der Waals surface area contributed by atoms with Crippen LogP contribution in [0.3, 0.4) is 0 Å². The summed E-state index contributed by atoms with van der Waals surface area (Å²) in [5.41, 5.74) is 0. The largest absolute Gasteiger partial charge is 2.00 e. The van der Waals surface area contributed by atoms with E-state index in [-0.39, 0.29) is 52.4 Å². The zero-order valence-corrected chi connectivity index (χ0v) is 3.91. The minimum Gasteiger partial charge on any atom is -2.00 e. The molecular formula is H3LiMnO3. The molecule has 5 heavy (non-hydrogen) atoms. The summed E-state index contributed by atoms with van der Waals surface area (Å²) in [6, 6.07) is 0. The molecule has 0 aromatic carbocycles. The van der Waals surface area contributed by atoms with Crippen molar-refractivity contribution < 1.29 is 52.4 Å². The number of hydrogen-bond acceptors (Lipinski definition) is 1. The average Bonchev–Trinajstić information content (AvgIpc) is 0. The summed E-state index contributed by atoms with van der Waals surface area (Å²) in [6.07, 6.45) is 0. The van der Waals surface area contributed by atoms with Crippen molar-refractivity contribution in [3.05, 3.63) is 0 Å². The predicted molar refractivity (Wildman–Crippen MR) is 6.24 cm³/mol. The van der Waals surface area contributed by atoms with Crippen molar-refractivity contribution in [1.82, 2.24) is 0 Å². The topological polar surface area (TPSA) is 90.0 Å². The molecule has 0 aliphatic carbocycles. The molecule has 0 rings (SSSR count). The first-order valence-corrected chi connectivity index (χ1v) is 0. The van der Waals surface area contributed by atoms with E-state index >= 15 is 0 Å². The smallest absolute Gasteiger partial charge is 2.00 e. The predicted octanol–water partition coefficient (Wildman–Crippen LogP) is -4.12. The SMILES string of the molecule is O.[Li+].[Mn+2].[O-2].[OH-]. The monoisotopic (exact) mass is 113 g/mol. The molecule has 1 radical (unpaired) electrons. The van der Waals surface area contributed by atoms with E-state index in [1.165, 1.54) is 0 Å². The number of rotatable bonds is 0. The van der Waals surface area contributed by atoms with E-state index in [4.69, 9.17) is 0 Å². The average molecular weight is 113 g/mol. The molecule has 0 saturated heterocycles. The van der Waals surface area contributed by atoms with Gasteiger partial charge in [0.05, 0.1) is 0 Å². The van der Waals surface area contributed by atoms with E-state index < -0.39 is 0 Å². The maximum atomic E-state index is 0. The summed E-state index contributed by atoms with van der Waals surface area (Å²) in [5, 5.41) is 0. The van der Waals surface area contributed by atoms with Crippen LogP contribution in [-0.4, -0.2) is 11.0 Å². The van der Waals surface area contributed by atoms with Gasteiger partial charge in [-0.3, -0.25) is 0 Å². The van der Waals surface area contributed by atoms with Gasteiger partial charge in [0.25, 0.3) is 0 Å². The second kappa shape index (κ2) is 80.3. The fourth-order valence-electron chi connectivity index (χ4n) is 0. The quantitative estimate of drug-likeness (QED) is 0.293. The molecule has 0 aliphatic heterocycles. The second-order valence-corrected chi connectivity index (χ2v) is 0. The Morgan fingerprint density at radius 1 is 1.00 bits per heavy atom.